The van der Waals surface area contributed by atoms with Crippen molar-refractivity contribution in [1.82, 2.24) is 0 Å². The van der Waals surface area contributed by atoms with Crippen LogP contribution in [0.1, 0.15) is 13.3 Å². The van der Waals surface area contributed by atoms with Gasteiger partial charge in [0.25, 0.3) is 0 Å². The first-order valence-corrected chi connectivity index (χ1v) is 3.63. The van der Waals surface area contributed by atoms with Crippen molar-refractivity contribution in [3.63, 3.8) is 0 Å². The highest BCUT2D eigenvalue weighted by Gasteiger charge is 2.04. The van der Waals surface area contributed by atoms with Gasteiger partial charge in [-0.3, -0.25) is 0 Å². The number of ether oxygens (including phenoxy) is 1. The van der Waals surface area contributed by atoms with Gasteiger partial charge in [-0.25, -0.2) is 4.79 Å². The summed E-state index contributed by atoms with van der Waals surface area (Å²) in [6.45, 7) is 1.88. The van der Waals surface area contributed by atoms with Gasteiger partial charge in [-0.2, -0.15) is 0 Å². The molecular weight excluding hydrogens is 152 g/mol. The Bertz CT molecular complexity index is 141. The first kappa shape index (κ1) is 9.50. The van der Waals surface area contributed by atoms with E-state index in [1.165, 1.54) is 7.11 Å². The van der Waals surface area contributed by atoms with Crippen molar-refractivity contribution in [1.29, 1.82) is 0 Å². The van der Waals surface area contributed by atoms with Gasteiger partial charge < -0.3 is 4.74 Å². The zero-order valence-corrected chi connectivity index (χ0v) is 6.94. The fourth-order valence-electron chi connectivity index (χ4n) is 0.596. The summed E-state index contributed by atoms with van der Waals surface area (Å²) in [7, 11) is 1.36. The van der Waals surface area contributed by atoms with E-state index in [9.17, 15) is 4.79 Å². The number of alkyl halides is 1. The maximum atomic E-state index is 10.8. The van der Waals surface area contributed by atoms with Crippen molar-refractivity contribution in [2.75, 3.05) is 13.0 Å². The van der Waals surface area contributed by atoms with Crippen LogP contribution in [0, 0.1) is 0 Å². The predicted molar refractivity (Wildman–Crippen MR) is 41.1 cm³/mol. The molecule has 3 heteroatoms. The topological polar surface area (TPSA) is 26.3 Å². The van der Waals surface area contributed by atoms with Crippen LogP contribution in [-0.2, 0) is 9.53 Å². The molecule has 0 rings (SSSR count). The molecule has 0 aliphatic heterocycles. The van der Waals surface area contributed by atoms with Crippen LogP contribution in [0.3, 0.4) is 0 Å². The highest BCUT2D eigenvalue weighted by atomic mass is 35.5. The number of halogens is 1. The molecule has 0 radical (unpaired) electrons. The number of hydrogen-bond donors (Lipinski definition) is 0. The molecule has 0 aromatic heterocycles. The lowest BCUT2D eigenvalue weighted by molar-refractivity contribution is -0.136. The van der Waals surface area contributed by atoms with E-state index in [-0.39, 0.29) is 5.97 Å². The van der Waals surface area contributed by atoms with E-state index in [0.717, 1.165) is 0 Å². The fraction of sp³-hybridized carbons (Fsp3) is 0.571. The molecule has 0 heterocycles. The molecule has 0 aromatic rings. The van der Waals surface area contributed by atoms with Crippen LogP contribution in [0.2, 0.25) is 0 Å². The van der Waals surface area contributed by atoms with Crippen LogP contribution in [0.5, 0.6) is 0 Å². The summed E-state index contributed by atoms with van der Waals surface area (Å²) in [6.07, 6.45) is 2.33. The van der Waals surface area contributed by atoms with Crippen LogP contribution >= 0.6 is 11.6 Å². The minimum atomic E-state index is -0.289. The van der Waals surface area contributed by atoms with Crippen molar-refractivity contribution in [2.24, 2.45) is 0 Å². The smallest absolute Gasteiger partial charge is 0.333 e. The second kappa shape index (κ2) is 5.30. The Morgan fingerprint density at radius 3 is 2.60 bits per heavy atom. The number of carbonyl (C=O) groups is 1. The van der Waals surface area contributed by atoms with Gasteiger partial charge in [-0.15, -0.1) is 11.6 Å². The van der Waals surface area contributed by atoms with Crippen molar-refractivity contribution in [3.05, 3.63) is 11.6 Å². The molecule has 2 nitrogen and oxygen atoms in total. The Labute approximate surface area is 65.8 Å². The molecule has 0 saturated heterocycles. The summed E-state index contributed by atoms with van der Waals surface area (Å²) in [5.74, 6) is 0.0706. The molecule has 0 spiro atoms. The summed E-state index contributed by atoms with van der Waals surface area (Å²) in [6, 6.07) is 0. The Hall–Kier alpha value is -0.500. The number of rotatable bonds is 3. The Kier molecular flexibility index (Phi) is 5.03. The van der Waals surface area contributed by atoms with E-state index in [4.69, 9.17) is 11.6 Å². The van der Waals surface area contributed by atoms with E-state index in [0.29, 0.717) is 17.9 Å². The van der Waals surface area contributed by atoms with Crippen LogP contribution in [0.25, 0.3) is 0 Å². The van der Waals surface area contributed by atoms with E-state index >= 15 is 0 Å². The number of esters is 1. The highest BCUT2D eigenvalue weighted by molar-refractivity contribution is 6.19. The van der Waals surface area contributed by atoms with Gasteiger partial charge in [0.2, 0.25) is 0 Å². The number of carbonyl (C=O) groups excluding carboxylic acids is 1. The first-order chi connectivity index (χ1) is 4.76. The second-order valence-corrected chi connectivity index (χ2v) is 2.04. The second-order valence-electron chi connectivity index (χ2n) is 1.73. The van der Waals surface area contributed by atoms with Gasteiger partial charge in [-0.05, 0) is 6.42 Å². The summed E-state index contributed by atoms with van der Waals surface area (Å²) in [5, 5.41) is 0. The summed E-state index contributed by atoms with van der Waals surface area (Å²) in [5.41, 5.74) is 0.637. The van der Waals surface area contributed by atoms with Crippen LogP contribution in [0.15, 0.2) is 11.6 Å². The monoisotopic (exact) mass is 162 g/mol. The molecule has 0 fully saturated rings. The maximum Gasteiger partial charge on any atom is 0.333 e. The zero-order valence-electron chi connectivity index (χ0n) is 6.19. The molecule has 0 atom stereocenters. The number of allylic oxidation sites excluding steroid dienone is 1. The van der Waals surface area contributed by atoms with Gasteiger partial charge in [0, 0.05) is 11.5 Å². The van der Waals surface area contributed by atoms with Crippen molar-refractivity contribution < 1.29 is 9.53 Å². The third kappa shape index (κ3) is 2.87. The lowest BCUT2D eigenvalue weighted by Gasteiger charge is -1.99. The van der Waals surface area contributed by atoms with E-state index in [2.05, 4.69) is 4.74 Å². The molecule has 0 amide bonds. The molecule has 58 valence electrons. The molecule has 0 aliphatic carbocycles. The Balaban J connectivity index is 4.06. The molecule has 0 aromatic carbocycles. The summed E-state index contributed by atoms with van der Waals surface area (Å²) < 4.78 is 4.49. The molecule has 0 N–H and O–H groups in total. The third-order valence-electron chi connectivity index (χ3n) is 1.15. The van der Waals surface area contributed by atoms with Gasteiger partial charge in [0.15, 0.2) is 0 Å². The van der Waals surface area contributed by atoms with Crippen molar-refractivity contribution >= 4 is 17.6 Å². The number of hydrogen-bond acceptors (Lipinski definition) is 2. The van der Waals surface area contributed by atoms with Crippen LogP contribution < -0.4 is 0 Å². The minimum Gasteiger partial charge on any atom is -0.466 e. The third-order valence-corrected chi connectivity index (χ3v) is 1.31. The van der Waals surface area contributed by atoms with Crippen molar-refractivity contribution in [3.8, 4) is 0 Å². The van der Waals surface area contributed by atoms with Crippen LogP contribution in [0.4, 0.5) is 0 Å². The van der Waals surface area contributed by atoms with Gasteiger partial charge in [0.05, 0.1) is 7.11 Å². The van der Waals surface area contributed by atoms with Gasteiger partial charge in [-0.1, -0.05) is 13.0 Å². The molecule has 0 unspecified atom stereocenters. The van der Waals surface area contributed by atoms with Gasteiger partial charge in [0.1, 0.15) is 0 Å². The fourth-order valence-corrected chi connectivity index (χ4v) is 0.782. The first-order valence-electron chi connectivity index (χ1n) is 3.09. The summed E-state index contributed by atoms with van der Waals surface area (Å²) in [4.78, 5) is 10.8. The molecule has 10 heavy (non-hydrogen) atoms. The van der Waals surface area contributed by atoms with Crippen molar-refractivity contribution in [2.45, 2.75) is 13.3 Å². The molecule has 0 aliphatic rings. The number of methoxy groups -OCH3 is 1. The zero-order chi connectivity index (χ0) is 7.98. The van der Waals surface area contributed by atoms with Gasteiger partial charge >= 0.3 is 5.97 Å². The standard InChI is InChI=1S/C7H11ClO2/c1-3-6(4-5-8)7(9)10-2/h4H,3,5H2,1-2H3/b6-4+. The van der Waals surface area contributed by atoms with E-state index < -0.39 is 0 Å². The molecule has 0 bridgehead atoms. The molecular formula is C7H11ClO2. The maximum absolute atomic E-state index is 10.8. The Morgan fingerprint density at radius 2 is 2.30 bits per heavy atom. The lowest BCUT2D eigenvalue weighted by atomic mass is 10.2. The van der Waals surface area contributed by atoms with Crippen LogP contribution in [-0.4, -0.2) is 19.0 Å². The average molecular weight is 163 g/mol. The minimum absolute atomic E-state index is 0.289. The van der Waals surface area contributed by atoms with E-state index in [1.807, 2.05) is 6.92 Å². The Morgan fingerprint density at radius 1 is 1.70 bits per heavy atom. The quantitative estimate of drug-likeness (QED) is 0.359. The summed E-state index contributed by atoms with van der Waals surface area (Å²) >= 11 is 5.39. The largest absolute Gasteiger partial charge is 0.466 e. The predicted octanol–water partition coefficient (Wildman–Crippen LogP) is 1.73. The normalized spacial score (nSPS) is 11.3. The van der Waals surface area contributed by atoms with E-state index in [1.54, 1.807) is 6.08 Å². The molecule has 0 saturated carbocycles. The average Bonchev–Trinajstić information content (AvgIpc) is 1.99. The SMILES string of the molecule is CC/C(=C\CCl)C(=O)OC. The lowest BCUT2D eigenvalue weighted by Crippen LogP contribution is -2.03. The highest BCUT2D eigenvalue weighted by Crippen LogP contribution is 2.02.